The average Bonchev–Trinajstić information content (AvgIpc) is 2.74. The van der Waals surface area contributed by atoms with Gasteiger partial charge in [0.1, 0.15) is 11.4 Å². The van der Waals surface area contributed by atoms with E-state index in [4.69, 9.17) is 4.74 Å². The fraction of sp³-hybridized carbons (Fsp3) is 0.857. The van der Waals surface area contributed by atoms with Crippen LogP contribution in [0, 0.1) is 0 Å². The summed E-state index contributed by atoms with van der Waals surface area (Å²) in [6, 6.07) is 0.397. The van der Waals surface area contributed by atoms with Gasteiger partial charge in [-0.25, -0.2) is 4.79 Å². The van der Waals surface area contributed by atoms with Crippen molar-refractivity contribution in [3.8, 4) is 0 Å². The molecule has 1 heterocycles. The maximum absolute atomic E-state index is 11.9. The lowest BCUT2D eigenvalue weighted by atomic mass is 10.2. The summed E-state index contributed by atoms with van der Waals surface area (Å²) >= 11 is 0. The highest BCUT2D eigenvalue weighted by molar-refractivity contribution is 5.81. The summed E-state index contributed by atoms with van der Waals surface area (Å²) in [7, 11) is 0. The van der Waals surface area contributed by atoms with Crippen LogP contribution in [-0.2, 0) is 9.53 Å². The van der Waals surface area contributed by atoms with E-state index in [9.17, 15) is 9.59 Å². The Hall–Kier alpha value is -1.10. The standard InChI is InChI=1S/C14H24N2O3/c1-14(2,3)19-13(18)16-8-6-15(7-9-16)11-4-5-12(17)10-11/h11H,4-10H2,1-3H3. The van der Waals surface area contributed by atoms with E-state index in [-0.39, 0.29) is 6.09 Å². The lowest BCUT2D eigenvalue weighted by Gasteiger charge is -2.38. The average molecular weight is 268 g/mol. The number of carbonyl (C=O) groups excluding carboxylic acids is 2. The molecule has 0 spiro atoms. The minimum absolute atomic E-state index is 0.227. The summed E-state index contributed by atoms with van der Waals surface area (Å²) < 4.78 is 5.37. The van der Waals surface area contributed by atoms with Crippen molar-refractivity contribution in [2.45, 2.75) is 51.7 Å². The van der Waals surface area contributed by atoms with Crippen molar-refractivity contribution in [1.29, 1.82) is 0 Å². The van der Waals surface area contributed by atoms with Gasteiger partial charge in [-0.2, -0.15) is 0 Å². The van der Waals surface area contributed by atoms with Crippen molar-refractivity contribution in [3.05, 3.63) is 0 Å². The number of Topliss-reactive ketones (excluding diaryl/α,β-unsaturated/α-hetero) is 1. The topological polar surface area (TPSA) is 49.9 Å². The number of nitrogens with zero attached hydrogens (tertiary/aromatic N) is 2. The summed E-state index contributed by atoms with van der Waals surface area (Å²) in [6.45, 7) is 8.72. The van der Waals surface area contributed by atoms with E-state index < -0.39 is 5.60 Å². The molecule has 0 bridgehead atoms. The molecule has 1 aliphatic carbocycles. The Morgan fingerprint density at radius 1 is 1.21 bits per heavy atom. The first-order valence-electron chi connectivity index (χ1n) is 7.09. The lowest BCUT2D eigenvalue weighted by molar-refractivity contribution is -0.117. The van der Waals surface area contributed by atoms with Crippen LogP contribution in [0.3, 0.4) is 0 Å². The molecule has 5 nitrogen and oxygen atoms in total. The Morgan fingerprint density at radius 2 is 1.84 bits per heavy atom. The SMILES string of the molecule is CC(C)(C)OC(=O)N1CCN(C2CCC(=O)C2)CC1. The van der Waals surface area contributed by atoms with Gasteiger partial charge >= 0.3 is 6.09 Å². The Morgan fingerprint density at radius 3 is 2.32 bits per heavy atom. The number of hydrogen-bond acceptors (Lipinski definition) is 4. The van der Waals surface area contributed by atoms with Crippen LogP contribution in [0.25, 0.3) is 0 Å². The van der Waals surface area contributed by atoms with Gasteiger partial charge in [0, 0.05) is 45.1 Å². The van der Waals surface area contributed by atoms with Crippen molar-refractivity contribution in [2.24, 2.45) is 0 Å². The first-order valence-corrected chi connectivity index (χ1v) is 7.09. The second kappa shape index (κ2) is 5.49. The van der Waals surface area contributed by atoms with Gasteiger partial charge in [-0.05, 0) is 27.2 Å². The Labute approximate surface area is 114 Å². The fourth-order valence-electron chi connectivity index (χ4n) is 2.70. The predicted molar refractivity (Wildman–Crippen MR) is 72.0 cm³/mol. The first kappa shape index (κ1) is 14.3. The zero-order valence-electron chi connectivity index (χ0n) is 12.1. The summed E-state index contributed by atoms with van der Waals surface area (Å²) in [5.41, 5.74) is -0.438. The Bertz CT molecular complexity index is 354. The third-order valence-corrected chi connectivity index (χ3v) is 3.70. The van der Waals surface area contributed by atoms with Gasteiger partial charge in [-0.15, -0.1) is 0 Å². The molecule has 1 amide bonds. The van der Waals surface area contributed by atoms with E-state index in [0.29, 0.717) is 31.3 Å². The van der Waals surface area contributed by atoms with Crippen LogP contribution in [0.15, 0.2) is 0 Å². The molecular formula is C14H24N2O3. The second-order valence-corrected chi connectivity index (χ2v) is 6.44. The van der Waals surface area contributed by atoms with E-state index in [2.05, 4.69) is 4.90 Å². The number of ether oxygens (including phenoxy) is 1. The fourth-order valence-corrected chi connectivity index (χ4v) is 2.70. The van der Waals surface area contributed by atoms with E-state index >= 15 is 0 Å². The molecule has 0 radical (unpaired) electrons. The van der Waals surface area contributed by atoms with Crippen molar-refractivity contribution >= 4 is 11.9 Å². The molecule has 108 valence electrons. The third-order valence-electron chi connectivity index (χ3n) is 3.70. The predicted octanol–water partition coefficient (Wildman–Crippen LogP) is 1.66. The summed E-state index contributed by atoms with van der Waals surface area (Å²) in [6.07, 6.45) is 2.16. The monoisotopic (exact) mass is 268 g/mol. The van der Waals surface area contributed by atoms with Crippen molar-refractivity contribution in [3.63, 3.8) is 0 Å². The highest BCUT2D eigenvalue weighted by atomic mass is 16.6. The Kier molecular flexibility index (Phi) is 4.13. The van der Waals surface area contributed by atoms with E-state index in [0.717, 1.165) is 25.9 Å². The van der Waals surface area contributed by atoms with Crippen molar-refractivity contribution in [1.82, 2.24) is 9.80 Å². The zero-order chi connectivity index (χ0) is 14.0. The third kappa shape index (κ3) is 3.93. The van der Waals surface area contributed by atoms with Crippen LogP contribution < -0.4 is 0 Å². The molecule has 5 heteroatoms. The van der Waals surface area contributed by atoms with Crippen LogP contribution in [0.1, 0.15) is 40.0 Å². The van der Waals surface area contributed by atoms with E-state index in [1.165, 1.54) is 0 Å². The first-order chi connectivity index (χ1) is 8.85. The normalized spacial score (nSPS) is 25.7. The molecule has 19 heavy (non-hydrogen) atoms. The van der Waals surface area contributed by atoms with Crippen molar-refractivity contribution in [2.75, 3.05) is 26.2 Å². The smallest absolute Gasteiger partial charge is 0.410 e. The van der Waals surface area contributed by atoms with Crippen LogP contribution in [0.5, 0.6) is 0 Å². The van der Waals surface area contributed by atoms with Gasteiger partial charge in [0.2, 0.25) is 0 Å². The summed E-state index contributed by atoms with van der Waals surface area (Å²) in [5.74, 6) is 0.375. The maximum atomic E-state index is 11.9. The molecule has 2 aliphatic rings. The summed E-state index contributed by atoms with van der Waals surface area (Å²) in [5, 5.41) is 0. The van der Waals surface area contributed by atoms with Gasteiger partial charge in [0.15, 0.2) is 0 Å². The molecule has 0 aromatic carbocycles. The molecule has 0 aromatic heterocycles. The summed E-state index contributed by atoms with van der Waals surface area (Å²) in [4.78, 5) is 27.3. The van der Waals surface area contributed by atoms with E-state index in [1.807, 2.05) is 20.8 Å². The quantitative estimate of drug-likeness (QED) is 0.726. The van der Waals surface area contributed by atoms with Crippen LogP contribution in [0.4, 0.5) is 4.79 Å². The molecule has 0 aromatic rings. The van der Waals surface area contributed by atoms with Crippen LogP contribution in [-0.4, -0.2) is 59.5 Å². The molecule has 1 atom stereocenters. The van der Waals surface area contributed by atoms with Gasteiger partial charge in [-0.3, -0.25) is 9.69 Å². The van der Waals surface area contributed by atoms with Gasteiger partial charge in [-0.1, -0.05) is 0 Å². The molecule has 1 saturated heterocycles. The largest absolute Gasteiger partial charge is 0.444 e. The molecule has 1 unspecified atom stereocenters. The number of piperazine rings is 1. The maximum Gasteiger partial charge on any atom is 0.410 e. The Balaban J connectivity index is 1.79. The number of hydrogen-bond donors (Lipinski definition) is 0. The molecular weight excluding hydrogens is 244 g/mol. The molecule has 2 fully saturated rings. The van der Waals surface area contributed by atoms with Crippen LogP contribution >= 0.6 is 0 Å². The number of amides is 1. The van der Waals surface area contributed by atoms with Crippen molar-refractivity contribution < 1.29 is 14.3 Å². The molecule has 1 saturated carbocycles. The van der Waals surface area contributed by atoms with E-state index in [1.54, 1.807) is 4.90 Å². The number of rotatable bonds is 1. The number of ketones is 1. The highest BCUT2D eigenvalue weighted by Crippen LogP contribution is 2.22. The van der Waals surface area contributed by atoms with Gasteiger partial charge < -0.3 is 9.64 Å². The number of carbonyl (C=O) groups is 2. The lowest BCUT2D eigenvalue weighted by Crippen LogP contribution is -2.52. The minimum atomic E-state index is -0.438. The van der Waals surface area contributed by atoms with Gasteiger partial charge in [0.05, 0.1) is 0 Å². The molecule has 2 rings (SSSR count). The second-order valence-electron chi connectivity index (χ2n) is 6.44. The minimum Gasteiger partial charge on any atom is -0.444 e. The van der Waals surface area contributed by atoms with Crippen LogP contribution in [0.2, 0.25) is 0 Å². The molecule has 1 aliphatic heterocycles. The molecule has 0 N–H and O–H groups in total. The zero-order valence-corrected chi connectivity index (χ0v) is 12.1. The highest BCUT2D eigenvalue weighted by Gasteiger charge is 2.32. The van der Waals surface area contributed by atoms with Gasteiger partial charge in [0.25, 0.3) is 0 Å².